The van der Waals surface area contributed by atoms with E-state index < -0.39 is 22.2 Å². The Morgan fingerprint density at radius 1 is 0.971 bits per heavy atom. The van der Waals surface area contributed by atoms with Crippen LogP contribution in [-0.4, -0.2) is 43.1 Å². The normalized spacial score (nSPS) is 12.1. The van der Waals surface area contributed by atoms with Gasteiger partial charge in [0.25, 0.3) is 0 Å². The Labute approximate surface area is 207 Å². The molecule has 0 aliphatic rings. The van der Waals surface area contributed by atoms with Crippen molar-refractivity contribution in [1.29, 1.82) is 0 Å². The Balaban J connectivity index is 1.97. The summed E-state index contributed by atoms with van der Waals surface area (Å²) in [5, 5.41) is 6.50. The Hall–Kier alpha value is -2.90. The second kappa shape index (κ2) is 10.4. The van der Waals surface area contributed by atoms with E-state index in [4.69, 9.17) is 4.74 Å². The molecule has 0 spiro atoms. The highest BCUT2D eigenvalue weighted by Crippen LogP contribution is 2.38. The van der Waals surface area contributed by atoms with Crippen molar-refractivity contribution in [2.75, 3.05) is 24.0 Å². The van der Waals surface area contributed by atoms with Gasteiger partial charge in [0.1, 0.15) is 18.7 Å². The summed E-state index contributed by atoms with van der Waals surface area (Å²) in [5.74, 6) is 1.33. The first kappa shape index (κ1) is 26.7. The number of hydrogen-bond acceptors (Lipinski definition) is 8. The van der Waals surface area contributed by atoms with Crippen molar-refractivity contribution >= 4 is 45.4 Å². The second-order valence-corrected chi connectivity index (χ2v) is 15.0. The van der Waals surface area contributed by atoms with Crippen LogP contribution in [0.2, 0.25) is 0 Å². The molecule has 3 rings (SSSR count). The summed E-state index contributed by atoms with van der Waals surface area (Å²) >= 11 is 0. The molecule has 1 heterocycles. The van der Waals surface area contributed by atoms with Crippen LogP contribution in [-0.2, 0) is 14.4 Å². The summed E-state index contributed by atoms with van der Waals surface area (Å²) < 4.78 is 44.2. The molecule has 0 aliphatic carbocycles. The SMILES string of the molecule is Cc1cnc(Nc2ccc(P(C)(C)=O)cc2OC(C)C)nc1Nc1ccccc1S(=O)(=O)C(C)C. The molecule has 0 atom stereocenters. The minimum absolute atomic E-state index is 0.0885. The molecule has 0 saturated carbocycles. The van der Waals surface area contributed by atoms with Gasteiger partial charge in [-0.25, -0.2) is 13.4 Å². The zero-order valence-electron chi connectivity index (χ0n) is 21.2. The molecule has 3 aromatic rings. The highest BCUT2D eigenvalue weighted by Gasteiger charge is 2.23. The van der Waals surface area contributed by atoms with Crippen molar-refractivity contribution in [2.45, 2.75) is 50.9 Å². The fraction of sp³-hybridized carbons (Fsp3) is 0.360. The van der Waals surface area contributed by atoms with Gasteiger partial charge >= 0.3 is 0 Å². The van der Waals surface area contributed by atoms with E-state index in [1.807, 2.05) is 20.8 Å². The number of ether oxygens (including phenoxy) is 1. The summed E-state index contributed by atoms with van der Waals surface area (Å²) in [6.45, 7) is 12.4. The number of para-hydroxylation sites is 1. The minimum atomic E-state index is -3.49. The fourth-order valence-electron chi connectivity index (χ4n) is 3.25. The van der Waals surface area contributed by atoms with Crippen LogP contribution in [0.15, 0.2) is 53.6 Å². The number of nitrogens with zero attached hydrogens (tertiary/aromatic N) is 2. The van der Waals surface area contributed by atoms with Crippen molar-refractivity contribution < 1.29 is 17.7 Å². The Morgan fingerprint density at radius 3 is 2.29 bits per heavy atom. The van der Waals surface area contributed by atoms with Gasteiger partial charge in [0.2, 0.25) is 5.95 Å². The number of rotatable bonds is 9. The first-order valence-electron chi connectivity index (χ1n) is 11.4. The Bertz CT molecular complexity index is 1370. The summed E-state index contributed by atoms with van der Waals surface area (Å²) in [6.07, 6.45) is 1.57. The minimum Gasteiger partial charge on any atom is -0.489 e. The molecular weight excluding hydrogens is 483 g/mol. The molecule has 10 heteroatoms. The van der Waals surface area contributed by atoms with E-state index in [0.29, 0.717) is 34.2 Å². The summed E-state index contributed by atoms with van der Waals surface area (Å²) in [4.78, 5) is 9.18. The van der Waals surface area contributed by atoms with Crippen molar-refractivity contribution in [3.05, 3.63) is 54.2 Å². The molecular formula is C25H33N4O4PS. The van der Waals surface area contributed by atoms with Crippen LogP contribution in [0.1, 0.15) is 33.3 Å². The summed E-state index contributed by atoms with van der Waals surface area (Å²) in [5.41, 5.74) is 1.83. The highest BCUT2D eigenvalue weighted by molar-refractivity contribution is 7.92. The van der Waals surface area contributed by atoms with Gasteiger partial charge in [-0.1, -0.05) is 12.1 Å². The Kier molecular flexibility index (Phi) is 7.92. The maximum absolute atomic E-state index is 12.8. The second-order valence-electron chi connectivity index (χ2n) is 9.26. The average Bonchev–Trinajstić information content (AvgIpc) is 2.76. The van der Waals surface area contributed by atoms with E-state index in [9.17, 15) is 13.0 Å². The zero-order chi connectivity index (χ0) is 26.0. The van der Waals surface area contributed by atoms with E-state index in [-0.39, 0.29) is 11.0 Å². The molecule has 0 saturated heterocycles. The van der Waals surface area contributed by atoms with Gasteiger partial charge in [-0.05, 0) is 78.3 Å². The standard InChI is InChI=1S/C25H33N4O4PS/c1-16(2)33-22-14-19(34(6,7)30)12-13-20(22)28-25-26-15-18(5)24(29-25)27-21-10-8-9-11-23(21)35(31,32)17(3)4/h8-17H,1-7H3,(H2,26,27,28,29). The average molecular weight is 517 g/mol. The third kappa shape index (κ3) is 6.41. The quantitative estimate of drug-likeness (QED) is 0.359. The van der Waals surface area contributed by atoms with Gasteiger partial charge in [-0.2, -0.15) is 4.98 Å². The van der Waals surface area contributed by atoms with Crippen LogP contribution in [0.25, 0.3) is 0 Å². The van der Waals surface area contributed by atoms with Crippen LogP contribution in [0.3, 0.4) is 0 Å². The molecule has 1 aromatic heterocycles. The van der Waals surface area contributed by atoms with Gasteiger partial charge in [0.15, 0.2) is 9.84 Å². The number of anilines is 4. The maximum atomic E-state index is 12.8. The predicted molar refractivity (Wildman–Crippen MR) is 143 cm³/mol. The maximum Gasteiger partial charge on any atom is 0.229 e. The molecule has 8 nitrogen and oxygen atoms in total. The van der Waals surface area contributed by atoms with Crippen LogP contribution in [0.4, 0.5) is 23.1 Å². The molecule has 0 bridgehead atoms. The zero-order valence-corrected chi connectivity index (χ0v) is 22.9. The van der Waals surface area contributed by atoms with Crippen LogP contribution < -0.4 is 20.7 Å². The molecule has 0 radical (unpaired) electrons. The van der Waals surface area contributed by atoms with Gasteiger partial charge in [-0.15, -0.1) is 0 Å². The molecule has 2 aromatic carbocycles. The number of nitrogens with one attached hydrogen (secondary N) is 2. The third-order valence-electron chi connectivity index (χ3n) is 5.24. The first-order chi connectivity index (χ1) is 16.3. The molecule has 35 heavy (non-hydrogen) atoms. The number of benzene rings is 2. The summed E-state index contributed by atoms with van der Waals surface area (Å²) in [7, 11) is -5.96. The summed E-state index contributed by atoms with van der Waals surface area (Å²) in [6, 6.07) is 12.2. The third-order valence-corrected chi connectivity index (χ3v) is 8.97. The molecule has 0 fully saturated rings. The van der Waals surface area contributed by atoms with E-state index >= 15 is 0 Å². The number of hydrogen-bond donors (Lipinski definition) is 2. The van der Waals surface area contributed by atoms with Crippen LogP contribution in [0.5, 0.6) is 5.75 Å². The van der Waals surface area contributed by atoms with Gasteiger partial charge in [-0.3, -0.25) is 0 Å². The molecule has 0 aliphatic heterocycles. The van der Waals surface area contributed by atoms with Crippen molar-refractivity contribution in [3.63, 3.8) is 0 Å². The number of aromatic nitrogens is 2. The van der Waals surface area contributed by atoms with E-state index in [2.05, 4.69) is 20.6 Å². The topological polar surface area (TPSA) is 110 Å². The smallest absolute Gasteiger partial charge is 0.229 e. The largest absolute Gasteiger partial charge is 0.489 e. The lowest BCUT2D eigenvalue weighted by molar-refractivity contribution is 0.244. The van der Waals surface area contributed by atoms with E-state index in [0.717, 1.165) is 5.56 Å². The first-order valence-corrected chi connectivity index (χ1v) is 15.5. The van der Waals surface area contributed by atoms with E-state index in [1.165, 1.54) is 0 Å². The predicted octanol–water partition coefficient (Wildman–Crippen LogP) is 5.49. The lowest BCUT2D eigenvalue weighted by Gasteiger charge is -2.18. The lowest BCUT2D eigenvalue weighted by atomic mass is 10.2. The van der Waals surface area contributed by atoms with Crippen molar-refractivity contribution in [1.82, 2.24) is 9.97 Å². The van der Waals surface area contributed by atoms with Crippen molar-refractivity contribution in [3.8, 4) is 5.75 Å². The van der Waals surface area contributed by atoms with Gasteiger partial charge in [0.05, 0.1) is 27.6 Å². The van der Waals surface area contributed by atoms with E-state index in [1.54, 1.807) is 75.8 Å². The molecule has 0 unspecified atom stereocenters. The lowest BCUT2D eigenvalue weighted by Crippen LogP contribution is -2.16. The van der Waals surface area contributed by atoms with Crippen molar-refractivity contribution in [2.24, 2.45) is 0 Å². The molecule has 188 valence electrons. The number of sulfone groups is 1. The fourth-order valence-corrected chi connectivity index (χ4v) is 5.31. The van der Waals surface area contributed by atoms with Gasteiger partial charge in [0, 0.05) is 17.1 Å². The molecule has 2 N–H and O–H groups in total. The highest BCUT2D eigenvalue weighted by atomic mass is 32.2. The Morgan fingerprint density at radius 2 is 1.66 bits per heavy atom. The van der Waals surface area contributed by atoms with Crippen LogP contribution in [0, 0.1) is 6.92 Å². The van der Waals surface area contributed by atoms with Crippen LogP contribution >= 0.6 is 7.14 Å². The number of aryl methyl sites for hydroxylation is 1. The monoisotopic (exact) mass is 516 g/mol. The van der Waals surface area contributed by atoms with Gasteiger partial charge < -0.3 is 19.9 Å². The molecule has 0 amide bonds.